The van der Waals surface area contributed by atoms with Gasteiger partial charge in [-0.05, 0) is 34.4 Å². The average molecular weight is 466 g/mol. The summed E-state index contributed by atoms with van der Waals surface area (Å²) in [7, 11) is -3.90. The summed E-state index contributed by atoms with van der Waals surface area (Å²) in [5, 5.41) is 1.95. The van der Waals surface area contributed by atoms with Crippen LogP contribution in [0.4, 0.5) is 0 Å². The molecular weight excluding hydrogens is 445 g/mol. The number of esters is 1. The zero-order valence-electron chi connectivity index (χ0n) is 16.5. The number of ether oxygens (including phenoxy) is 1. The zero-order valence-corrected chi connectivity index (χ0v) is 18.8. The van der Waals surface area contributed by atoms with E-state index in [0.717, 1.165) is 22.4 Å². The van der Waals surface area contributed by atoms with Crippen molar-refractivity contribution in [2.24, 2.45) is 5.92 Å². The number of carbonyl (C=O) groups is 1. The highest BCUT2D eigenvalue weighted by Crippen LogP contribution is 2.29. The lowest BCUT2D eigenvalue weighted by Crippen LogP contribution is -2.28. The van der Waals surface area contributed by atoms with Gasteiger partial charge in [-0.25, -0.2) is 17.9 Å². The molecule has 3 aromatic rings. The van der Waals surface area contributed by atoms with Gasteiger partial charge in [0.25, 0.3) is 0 Å². The van der Waals surface area contributed by atoms with Crippen molar-refractivity contribution in [2.75, 3.05) is 6.54 Å². The molecule has 0 aliphatic rings. The second-order valence-electron chi connectivity index (χ2n) is 7.22. The van der Waals surface area contributed by atoms with E-state index < -0.39 is 16.0 Å². The minimum Gasteiger partial charge on any atom is -0.457 e. The fraction of sp³-hybridized carbons (Fsp3) is 0.227. The van der Waals surface area contributed by atoms with Gasteiger partial charge in [0.15, 0.2) is 0 Å². The maximum atomic E-state index is 12.7. The predicted octanol–water partition coefficient (Wildman–Crippen LogP) is 5.44. The lowest BCUT2D eigenvalue weighted by molar-refractivity contribution is 0.0474. The molecule has 8 heteroatoms. The molecule has 0 radical (unpaired) electrons. The standard InChI is InChI=1S/C22H21Cl2NO4S/c1-14(2)12-25-30(27,28)21-10-18(19(23)11-20(21)24)22(26)29-13-16-8-5-7-15-6-3-4-9-17(15)16/h3-11,14,25H,12-13H2,1-2H3. The van der Waals surface area contributed by atoms with Crippen molar-refractivity contribution >= 4 is 50.0 Å². The Hall–Kier alpha value is -2.12. The summed E-state index contributed by atoms with van der Waals surface area (Å²) in [6.07, 6.45) is 0. The predicted molar refractivity (Wildman–Crippen MR) is 120 cm³/mol. The first kappa shape index (κ1) is 22.6. The van der Waals surface area contributed by atoms with E-state index in [-0.39, 0.29) is 39.6 Å². The van der Waals surface area contributed by atoms with Gasteiger partial charge < -0.3 is 4.74 Å². The Labute approximate surface area is 186 Å². The molecule has 3 aromatic carbocycles. The van der Waals surface area contributed by atoms with Crippen LogP contribution < -0.4 is 4.72 Å². The van der Waals surface area contributed by atoms with Crippen LogP contribution in [0.25, 0.3) is 10.8 Å². The monoisotopic (exact) mass is 465 g/mol. The van der Waals surface area contributed by atoms with E-state index in [1.165, 1.54) is 6.07 Å². The normalized spacial score (nSPS) is 11.8. The van der Waals surface area contributed by atoms with E-state index in [0.29, 0.717) is 0 Å². The van der Waals surface area contributed by atoms with Crippen LogP contribution in [-0.2, 0) is 21.4 Å². The molecular formula is C22H21Cl2NO4S. The number of hydrogen-bond acceptors (Lipinski definition) is 4. The summed E-state index contributed by atoms with van der Waals surface area (Å²) in [6, 6.07) is 15.9. The molecule has 0 fully saturated rings. The van der Waals surface area contributed by atoms with Crippen molar-refractivity contribution < 1.29 is 17.9 Å². The molecule has 0 heterocycles. The number of benzene rings is 3. The molecule has 1 N–H and O–H groups in total. The van der Waals surface area contributed by atoms with Gasteiger partial charge in [-0.3, -0.25) is 0 Å². The lowest BCUT2D eigenvalue weighted by atomic mass is 10.1. The second kappa shape index (κ2) is 9.35. The van der Waals surface area contributed by atoms with Crippen LogP contribution >= 0.6 is 23.2 Å². The number of nitrogens with one attached hydrogen (secondary N) is 1. The maximum absolute atomic E-state index is 12.7. The smallest absolute Gasteiger partial charge is 0.340 e. The number of carbonyl (C=O) groups excluding carboxylic acids is 1. The molecule has 0 saturated carbocycles. The van der Waals surface area contributed by atoms with Crippen LogP contribution in [0, 0.1) is 5.92 Å². The Morgan fingerprint density at radius 1 is 1.03 bits per heavy atom. The molecule has 0 unspecified atom stereocenters. The van der Waals surface area contributed by atoms with Crippen LogP contribution in [0.2, 0.25) is 10.0 Å². The molecule has 158 valence electrons. The molecule has 0 aliphatic heterocycles. The molecule has 0 atom stereocenters. The molecule has 0 saturated heterocycles. The third-order valence-electron chi connectivity index (χ3n) is 4.45. The fourth-order valence-corrected chi connectivity index (χ4v) is 4.95. The van der Waals surface area contributed by atoms with Crippen LogP contribution in [0.15, 0.2) is 59.5 Å². The summed E-state index contributed by atoms with van der Waals surface area (Å²) in [6.45, 7) is 4.01. The largest absolute Gasteiger partial charge is 0.457 e. The van der Waals surface area contributed by atoms with Crippen molar-refractivity contribution in [3.8, 4) is 0 Å². The third-order valence-corrected chi connectivity index (χ3v) is 6.65. The molecule has 0 amide bonds. The van der Waals surface area contributed by atoms with E-state index in [9.17, 15) is 13.2 Å². The van der Waals surface area contributed by atoms with E-state index in [4.69, 9.17) is 27.9 Å². The Bertz CT molecular complexity index is 1190. The van der Waals surface area contributed by atoms with Gasteiger partial charge >= 0.3 is 5.97 Å². The van der Waals surface area contributed by atoms with Gasteiger partial charge in [-0.2, -0.15) is 0 Å². The van der Waals surface area contributed by atoms with Gasteiger partial charge in [0.05, 0.1) is 15.6 Å². The second-order valence-corrected chi connectivity index (χ2v) is 9.77. The SMILES string of the molecule is CC(C)CNS(=O)(=O)c1cc(C(=O)OCc2cccc3ccccc23)c(Cl)cc1Cl. The first-order chi connectivity index (χ1) is 14.2. The molecule has 0 aromatic heterocycles. The summed E-state index contributed by atoms with van der Waals surface area (Å²) in [5.74, 6) is -0.624. The highest BCUT2D eigenvalue weighted by Gasteiger charge is 2.23. The molecule has 0 spiro atoms. The van der Waals surface area contributed by atoms with Crippen molar-refractivity contribution in [3.63, 3.8) is 0 Å². The first-order valence-electron chi connectivity index (χ1n) is 9.31. The molecule has 0 aliphatic carbocycles. The van der Waals surface area contributed by atoms with Crippen molar-refractivity contribution in [1.82, 2.24) is 4.72 Å². The van der Waals surface area contributed by atoms with E-state index in [1.54, 1.807) is 0 Å². The van der Waals surface area contributed by atoms with Gasteiger partial charge in [0.1, 0.15) is 11.5 Å². The van der Waals surface area contributed by atoms with Crippen LogP contribution in [-0.4, -0.2) is 20.9 Å². The zero-order chi connectivity index (χ0) is 21.9. The van der Waals surface area contributed by atoms with Gasteiger partial charge in [-0.1, -0.05) is 79.5 Å². The van der Waals surface area contributed by atoms with E-state index >= 15 is 0 Å². The lowest BCUT2D eigenvalue weighted by Gasteiger charge is -2.13. The minimum atomic E-state index is -3.90. The molecule has 5 nitrogen and oxygen atoms in total. The van der Waals surface area contributed by atoms with E-state index in [1.807, 2.05) is 56.3 Å². The van der Waals surface area contributed by atoms with Crippen molar-refractivity contribution in [3.05, 3.63) is 75.8 Å². The number of hydrogen-bond donors (Lipinski definition) is 1. The average Bonchev–Trinajstić information content (AvgIpc) is 2.70. The van der Waals surface area contributed by atoms with Gasteiger partial charge in [-0.15, -0.1) is 0 Å². The third kappa shape index (κ3) is 5.13. The quantitative estimate of drug-likeness (QED) is 0.471. The Morgan fingerprint density at radius 3 is 2.47 bits per heavy atom. The molecule has 3 rings (SSSR count). The number of halogens is 2. The fourth-order valence-electron chi connectivity index (χ4n) is 2.89. The summed E-state index contributed by atoms with van der Waals surface area (Å²) in [4.78, 5) is 12.5. The number of fused-ring (bicyclic) bond motifs is 1. The Balaban J connectivity index is 1.85. The number of rotatable bonds is 7. The van der Waals surface area contributed by atoms with Gasteiger partial charge in [0.2, 0.25) is 10.0 Å². The Kier molecular flexibility index (Phi) is 7.03. The minimum absolute atomic E-state index is 0.0192. The van der Waals surface area contributed by atoms with Gasteiger partial charge in [0, 0.05) is 6.54 Å². The number of sulfonamides is 1. The van der Waals surface area contributed by atoms with E-state index in [2.05, 4.69) is 4.72 Å². The summed E-state index contributed by atoms with van der Waals surface area (Å²) >= 11 is 12.2. The highest BCUT2D eigenvalue weighted by atomic mass is 35.5. The topological polar surface area (TPSA) is 72.5 Å². The van der Waals surface area contributed by atoms with Crippen LogP contribution in [0.1, 0.15) is 29.8 Å². The Morgan fingerprint density at radius 2 is 1.73 bits per heavy atom. The van der Waals surface area contributed by atoms with Crippen molar-refractivity contribution in [2.45, 2.75) is 25.3 Å². The molecule has 0 bridgehead atoms. The first-order valence-corrected chi connectivity index (χ1v) is 11.6. The highest BCUT2D eigenvalue weighted by molar-refractivity contribution is 7.89. The summed E-state index contributed by atoms with van der Waals surface area (Å²) < 4.78 is 33.1. The van der Waals surface area contributed by atoms with Crippen molar-refractivity contribution in [1.29, 1.82) is 0 Å². The maximum Gasteiger partial charge on any atom is 0.340 e. The summed E-state index contributed by atoms with van der Waals surface area (Å²) in [5.41, 5.74) is 0.768. The van der Waals surface area contributed by atoms with Crippen LogP contribution in [0.3, 0.4) is 0 Å². The van der Waals surface area contributed by atoms with Crippen LogP contribution in [0.5, 0.6) is 0 Å². The molecule has 30 heavy (non-hydrogen) atoms.